The number of hydrogen-bond donors (Lipinski definition) is 1. The number of hydrogen-bond acceptors (Lipinski definition) is 4. The van der Waals surface area contributed by atoms with E-state index in [1.807, 2.05) is 13.8 Å². The lowest BCUT2D eigenvalue weighted by molar-refractivity contribution is 0.0891. The summed E-state index contributed by atoms with van der Waals surface area (Å²) in [6.07, 6.45) is 2.43. The van der Waals surface area contributed by atoms with Gasteiger partial charge in [0, 0.05) is 38.0 Å². The van der Waals surface area contributed by atoms with Crippen molar-refractivity contribution in [1.82, 2.24) is 10.2 Å². The molecule has 0 aromatic rings. The van der Waals surface area contributed by atoms with E-state index in [9.17, 15) is 8.42 Å². The normalized spacial score (nSPS) is 26.9. The maximum Gasteiger partial charge on any atom is 0.153 e. The average Bonchev–Trinajstić information content (AvgIpc) is 2.26. The maximum atomic E-state index is 11.9. The summed E-state index contributed by atoms with van der Waals surface area (Å²) < 4.78 is 23.1. The first-order valence-electron chi connectivity index (χ1n) is 7.25. The van der Waals surface area contributed by atoms with Crippen LogP contribution < -0.4 is 5.32 Å². The van der Waals surface area contributed by atoms with Gasteiger partial charge in [-0.1, -0.05) is 20.8 Å². The van der Waals surface area contributed by atoms with E-state index >= 15 is 0 Å². The van der Waals surface area contributed by atoms with Crippen molar-refractivity contribution in [3.63, 3.8) is 0 Å². The molecule has 0 radical (unpaired) electrons. The smallest absolute Gasteiger partial charge is 0.153 e. The van der Waals surface area contributed by atoms with Crippen molar-refractivity contribution in [2.75, 3.05) is 25.9 Å². The van der Waals surface area contributed by atoms with Crippen molar-refractivity contribution in [3.8, 4) is 0 Å². The zero-order valence-corrected chi connectivity index (χ0v) is 14.0. The van der Waals surface area contributed by atoms with Crippen molar-refractivity contribution < 1.29 is 8.42 Å². The predicted molar refractivity (Wildman–Crippen MR) is 81.2 cm³/mol. The highest BCUT2D eigenvalue weighted by atomic mass is 32.2. The van der Waals surface area contributed by atoms with Crippen LogP contribution in [0, 0.1) is 5.92 Å². The van der Waals surface area contributed by atoms with Crippen LogP contribution in [0.2, 0.25) is 0 Å². The van der Waals surface area contributed by atoms with Gasteiger partial charge in [-0.3, -0.25) is 4.90 Å². The Kier molecular flexibility index (Phi) is 5.43. The van der Waals surface area contributed by atoms with E-state index in [4.69, 9.17) is 0 Å². The molecule has 0 amide bonds. The topological polar surface area (TPSA) is 49.4 Å². The number of nitrogens with zero attached hydrogens (tertiary/aromatic N) is 1. The lowest BCUT2D eigenvalue weighted by atomic mass is 9.96. The summed E-state index contributed by atoms with van der Waals surface area (Å²) >= 11 is 0. The third-order valence-corrected chi connectivity index (χ3v) is 6.53. The van der Waals surface area contributed by atoms with Gasteiger partial charge in [0.2, 0.25) is 0 Å². The van der Waals surface area contributed by atoms with Gasteiger partial charge in [-0.15, -0.1) is 0 Å². The van der Waals surface area contributed by atoms with Gasteiger partial charge in [0.25, 0.3) is 0 Å². The number of rotatable bonds is 5. The molecule has 0 saturated carbocycles. The fourth-order valence-corrected chi connectivity index (χ4v) is 3.02. The number of piperazine rings is 1. The van der Waals surface area contributed by atoms with E-state index in [0.29, 0.717) is 24.5 Å². The van der Waals surface area contributed by atoms with Crippen LogP contribution in [0.4, 0.5) is 0 Å². The van der Waals surface area contributed by atoms with E-state index in [1.54, 1.807) is 0 Å². The zero-order valence-electron chi connectivity index (χ0n) is 13.2. The van der Waals surface area contributed by atoms with Crippen LogP contribution in [0.3, 0.4) is 0 Å². The summed E-state index contributed by atoms with van der Waals surface area (Å²) in [5, 5.41) is 3.56. The molecule has 0 spiro atoms. The van der Waals surface area contributed by atoms with Crippen molar-refractivity contribution in [3.05, 3.63) is 0 Å². The summed E-state index contributed by atoms with van der Waals surface area (Å²) in [7, 11) is -3.04. The van der Waals surface area contributed by atoms with Gasteiger partial charge < -0.3 is 5.32 Å². The molecule has 0 aromatic carbocycles. The molecule has 1 saturated heterocycles. The molecule has 4 nitrogen and oxygen atoms in total. The molecule has 5 heteroatoms. The largest absolute Gasteiger partial charge is 0.311 e. The third kappa shape index (κ3) is 4.17. The van der Waals surface area contributed by atoms with Crippen LogP contribution in [0.5, 0.6) is 0 Å². The van der Waals surface area contributed by atoms with Crippen LogP contribution in [-0.4, -0.2) is 56.0 Å². The van der Waals surface area contributed by atoms with Gasteiger partial charge in [-0.25, -0.2) is 8.42 Å². The quantitative estimate of drug-likeness (QED) is 0.834. The summed E-state index contributed by atoms with van der Waals surface area (Å²) in [5.41, 5.74) is 0. The molecule has 1 fully saturated rings. The molecule has 1 heterocycles. The molecule has 19 heavy (non-hydrogen) atoms. The first-order valence-corrected chi connectivity index (χ1v) is 9.14. The summed E-state index contributed by atoms with van der Waals surface area (Å²) in [6, 6.07) is 0.897. The van der Waals surface area contributed by atoms with E-state index in [2.05, 4.69) is 31.0 Å². The standard InChI is InChI=1S/C14H30N2O2S/c1-7-12-9-16(13(8-15-12)11(2)3)10-14(4,5)19(6,17)18/h11-13,15H,7-10H2,1-6H3. The lowest BCUT2D eigenvalue weighted by Gasteiger charge is -2.45. The molecule has 1 N–H and O–H groups in total. The number of nitrogens with one attached hydrogen (secondary N) is 1. The molecule has 2 unspecified atom stereocenters. The second-order valence-electron chi connectivity index (χ2n) is 6.79. The minimum atomic E-state index is -3.04. The molecule has 2 atom stereocenters. The highest BCUT2D eigenvalue weighted by Gasteiger charge is 2.37. The van der Waals surface area contributed by atoms with Crippen LogP contribution >= 0.6 is 0 Å². The molecule has 1 aliphatic heterocycles. The minimum Gasteiger partial charge on any atom is -0.311 e. The van der Waals surface area contributed by atoms with Gasteiger partial charge in [0.15, 0.2) is 9.84 Å². The first-order chi connectivity index (χ1) is 8.58. The molecule has 114 valence electrons. The van der Waals surface area contributed by atoms with Gasteiger partial charge >= 0.3 is 0 Å². The highest BCUT2D eigenvalue weighted by molar-refractivity contribution is 7.92. The highest BCUT2D eigenvalue weighted by Crippen LogP contribution is 2.23. The monoisotopic (exact) mass is 290 g/mol. The Balaban J connectivity index is 2.86. The zero-order chi connectivity index (χ0) is 14.8. The molecule has 1 rings (SSSR count). The fourth-order valence-electron chi connectivity index (χ4n) is 2.62. The van der Waals surface area contributed by atoms with Crippen molar-refractivity contribution in [2.45, 2.75) is 57.9 Å². The minimum absolute atomic E-state index is 0.420. The van der Waals surface area contributed by atoms with E-state index in [-0.39, 0.29) is 0 Å². The molecule has 0 bridgehead atoms. The summed E-state index contributed by atoms with van der Waals surface area (Å²) in [6.45, 7) is 12.8. The Labute approximate surface area is 118 Å². The third-order valence-electron chi connectivity index (χ3n) is 4.39. The summed E-state index contributed by atoms with van der Waals surface area (Å²) in [5.74, 6) is 0.528. The Hall–Kier alpha value is -0.130. The molecular weight excluding hydrogens is 260 g/mol. The van der Waals surface area contributed by atoms with Gasteiger partial charge in [0.05, 0.1) is 4.75 Å². The fraction of sp³-hybridized carbons (Fsp3) is 1.00. The van der Waals surface area contributed by atoms with Gasteiger partial charge in [-0.2, -0.15) is 0 Å². The van der Waals surface area contributed by atoms with Crippen molar-refractivity contribution >= 4 is 9.84 Å². The van der Waals surface area contributed by atoms with Crippen LogP contribution in [0.25, 0.3) is 0 Å². The Morgan fingerprint density at radius 2 is 1.95 bits per heavy atom. The first kappa shape index (κ1) is 16.9. The lowest BCUT2D eigenvalue weighted by Crippen LogP contribution is -2.61. The van der Waals surface area contributed by atoms with Crippen LogP contribution in [0.1, 0.15) is 41.0 Å². The average molecular weight is 290 g/mol. The Morgan fingerprint density at radius 1 is 1.37 bits per heavy atom. The Bertz CT molecular complexity index is 390. The van der Waals surface area contributed by atoms with E-state index in [0.717, 1.165) is 19.5 Å². The molecule has 0 aromatic heterocycles. The summed E-state index contributed by atoms with van der Waals surface area (Å²) in [4.78, 5) is 2.37. The molecule has 1 aliphatic rings. The van der Waals surface area contributed by atoms with E-state index in [1.165, 1.54) is 6.26 Å². The van der Waals surface area contributed by atoms with Crippen LogP contribution in [0.15, 0.2) is 0 Å². The van der Waals surface area contributed by atoms with Gasteiger partial charge in [0.1, 0.15) is 0 Å². The SMILES string of the molecule is CCC1CN(CC(C)(C)S(C)(=O)=O)C(C(C)C)CN1. The Morgan fingerprint density at radius 3 is 2.37 bits per heavy atom. The van der Waals surface area contributed by atoms with Crippen molar-refractivity contribution in [2.24, 2.45) is 5.92 Å². The second kappa shape index (κ2) is 6.10. The van der Waals surface area contributed by atoms with Gasteiger partial charge in [-0.05, 0) is 26.2 Å². The molecule has 0 aliphatic carbocycles. The predicted octanol–water partition coefficient (Wildman–Crippen LogP) is 1.52. The maximum absolute atomic E-state index is 11.9. The number of sulfone groups is 1. The van der Waals surface area contributed by atoms with Crippen molar-refractivity contribution in [1.29, 1.82) is 0 Å². The van der Waals surface area contributed by atoms with E-state index < -0.39 is 14.6 Å². The molecular formula is C14H30N2O2S. The van der Waals surface area contributed by atoms with Crippen LogP contribution in [-0.2, 0) is 9.84 Å². The second-order valence-corrected chi connectivity index (χ2v) is 9.44.